The number of para-hydroxylation sites is 1. The third kappa shape index (κ3) is 6.93. The van der Waals surface area contributed by atoms with Crippen LogP contribution in [-0.4, -0.2) is 12.3 Å². The molecule has 2 unspecified atom stereocenters. The highest BCUT2D eigenvalue weighted by atomic mass is 32.1. The monoisotopic (exact) mass is 1020 g/mol. The molecule has 77 heavy (non-hydrogen) atoms. The Morgan fingerprint density at radius 1 is 0.481 bits per heavy atom. The zero-order chi connectivity index (χ0) is 53.5. The Morgan fingerprint density at radius 2 is 1.08 bits per heavy atom. The molecular formula is C72H74BN3S. The van der Waals surface area contributed by atoms with E-state index in [-0.39, 0.29) is 39.3 Å². The number of nitrogens with zero attached hydrogens (tertiary/aromatic N) is 3. The van der Waals surface area contributed by atoms with Gasteiger partial charge in [0.1, 0.15) is 0 Å². The molecule has 3 aliphatic heterocycles. The molecule has 386 valence electrons. The summed E-state index contributed by atoms with van der Waals surface area (Å²) in [5, 5.41) is 2.65. The number of benzene rings is 8. The van der Waals surface area contributed by atoms with Gasteiger partial charge in [-0.05, 0) is 170 Å². The predicted octanol–water partition coefficient (Wildman–Crippen LogP) is 18.4. The minimum Gasteiger partial charge on any atom is -0.334 e. The van der Waals surface area contributed by atoms with Gasteiger partial charge in [-0.25, -0.2) is 0 Å². The maximum atomic E-state index is 2.84. The van der Waals surface area contributed by atoms with Gasteiger partial charge in [0.2, 0.25) is 0 Å². The molecule has 3 nitrogen and oxygen atoms in total. The van der Waals surface area contributed by atoms with Gasteiger partial charge in [-0.15, -0.1) is 11.3 Å². The lowest BCUT2D eigenvalue weighted by Crippen LogP contribution is -2.62. The first-order valence-electron chi connectivity index (χ1n) is 28.7. The first kappa shape index (κ1) is 48.8. The summed E-state index contributed by atoms with van der Waals surface area (Å²) >= 11 is 1.95. The van der Waals surface area contributed by atoms with Crippen molar-refractivity contribution in [3.05, 3.63) is 185 Å². The molecule has 0 amide bonds. The quantitative estimate of drug-likeness (QED) is 0.163. The predicted molar refractivity (Wildman–Crippen MR) is 334 cm³/mol. The fraction of sp³-hybridized carbons (Fsp3) is 0.333. The van der Waals surface area contributed by atoms with E-state index < -0.39 is 0 Å². The second-order valence-electron chi connectivity index (χ2n) is 27.7. The molecule has 2 aliphatic carbocycles. The molecule has 2 atom stereocenters. The molecule has 5 heteroatoms. The number of anilines is 8. The number of rotatable bonds is 4. The number of hydrogen-bond acceptors (Lipinski definition) is 4. The van der Waals surface area contributed by atoms with E-state index in [0.717, 1.165) is 19.3 Å². The molecule has 1 fully saturated rings. The zero-order valence-electron chi connectivity index (χ0n) is 47.8. The minimum atomic E-state index is -0.177. The largest absolute Gasteiger partial charge is 0.334 e. The molecule has 1 aromatic heterocycles. The van der Waals surface area contributed by atoms with Crippen LogP contribution in [-0.2, 0) is 27.1 Å². The van der Waals surface area contributed by atoms with E-state index in [9.17, 15) is 0 Å². The summed E-state index contributed by atoms with van der Waals surface area (Å²) in [6.07, 6.45) is 5.83. The second-order valence-corrected chi connectivity index (χ2v) is 28.7. The summed E-state index contributed by atoms with van der Waals surface area (Å²) in [4.78, 5) is 8.27. The van der Waals surface area contributed by atoms with Crippen molar-refractivity contribution in [1.29, 1.82) is 0 Å². The Labute approximate surface area is 463 Å². The van der Waals surface area contributed by atoms with Gasteiger partial charge >= 0.3 is 0 Å². The van der Waals surface area contributed by atoms with Crippen LogP contribution in [0.25, 0.3) is 31.3 Å². The first-order chi connectivity index (χ1) is 36.6. The molecule has 0 N–H and O–H groups in total. The van der Waals surface area contributed by atoms with Crippen LogP contribution in [0.4, 0.5) is 45.5 Å². The molecule has 0 saturated heterocycles. The van der Waals surface area contributed by atoms with Crippen LogP contribution in [0.3, 0.4) is 0 Å². The summed E-state index contributed by atoms with van der Waals surface area (Å²) in [6, 6.07) is 60.3. The van der Waals surface area contributed by atoms with Crippen molar-refractivity contribution in [3.63, 3.8) is 0 Å². The molecule has 9 aromatic rings. The third-order valence-corrected chi connectivity index (χ3v) is 21.0. The van der Waals surface area contributed by atoms with Crippen molar-refractivity contribution in [3.8, 4) is 11.1 Å². The molecule has 5 aliphatic rings. The summed E-state index contributed by atoms with van der Waals surface area (Å²) in [5.74, 6) is 0. The van der Waals surface area contributed by atoms with Gasteiger partial charge in [0.05, 0.1) is 15.9 Å². The normalized spacial score (nSPS) is 20.7. The average molecular weight is 1020 g/mol. The lowest BCUT2D eigenvalue weighted by Gasteiger charge is -2.51. The van der Waals surface area contributed by atoms with Gasteiger partial charge in [-0.1, -0.05) is 186 Å². The highest BCUT2D eigenvalue weighted by Gasteiger charge is 2.58. The Bertz CT molecular complexity index is 3950. The van der Waals surface area contributed by atoms with E-state index in [0.29, 0.717) is 0 Å². The topological polar surface area (TPSA) is 9.72 Å². The Balaban J connectivity index is 1.11. The van der Waals surface area contributed by atoms with E-state index in [2.05, 4.69) is 256 Å². The van der Waals surface area contributed by atoms with Crippen molar-refractivity contribution in [1.82, 2.24) is 0 Å². The van der Waals surface area contributed by atoms with Crippen LogP contribution in [0.2, 0.25) is 0 Å². The van der Waals surface area contributed by atoms with Crippen LogP contribution in [0.1, 0.15) is 149 Å². The molecule has 0 radical (unpaired) electrons. The molecular weight excluding hydrogens is 950 g/mol. The zero-order valence-corrected chi connectivity index (χ0v) is 48.6. The summed E-state index contributed by atoms with van der Waals surface area (Å²) in [6.45, 7) is 31.5. The summed E-state index contributed by atoms with van der Waals surface area (Å²) < 4.78 is 2.66. The van der Waals surface area contributed by atoms with E-state index in [4.69, 9.17) is 0 Å². The fourth-order valence-electron chi connectivity index (χ4n) is 15.8. The van der Waals surface area contributed by atoms with Crippen molar-refractivity contribution in [2.24, 2.45) is 0 Å². The van der Waals surface area contributed by atoms with E-state index in [1.54, 1.807) is 0 Å². The first-order valence-corrected chi connectivity index (χ1v) is 29.5. The van der Waals surface area contributed by atoms with Crippen molar-refractivity contribution in [2.45, 2.75) is 155 Å². The van der Waals surface area contributed by atoms with Crippen molar-refractivity contribution < 1.29 is 0 Å². The maximum Gasteiger partial charge on any atom is 0.252 e. The SMILES string of the molecule is Cc1ccccc1N1c2ccc(C(C)(C)C)cc2B2c3cc4c(cc3N(c3cccc5c3sc3ccccc35)c3cc(N5c6ccc(-c7ccc(C(C)(C)C)cc7)cc6C6(C)CCCCC56C)cc1c32)C(C)(C)CC4(C)C. The molecule has 0 spiro atoms. The van der Waals surface area contributed by atoms with E-state index >= 15 is 0 Å². The molecule has 14 rings (SSSR count). The van der Waals surface area contributed by atoms with Gasteiger partial charge in [0.25, 0.3) is 6.71 Å². The van der Waals surface area contributed by atoms with Gasteiger partial charge in [-0.3, -0.25) is 0 Å². The summed E-state index contributed by atoms with van der Waals surface area (Å²) in [5.41, 5.74) is 25.3. The highest BCUT2D eigenvalue weighted by molar-refractivity contribution is 7.26. The van der Waals surface area contributed by atoms with E-state index in [1.165, 1.54) is 139 Å². The number of hydrogen-bond donors (Lipinski definition) is 0. The second kappa shape index (κ2) is 16.3. The van der Waals surface area contributed by atoms with Crippen molar-refractivity contribution >= 4 is 100 Å². The van der Waals surface area contributed by atoms with Gasteiger partial charge in [0, 0.05) is 60.7 Å². The Morgan fingerprint density at radius 3 is 1.81 bits per heavy atom. The third-order valence-electron chi connectivity index (χ3n) is 19.8. The van der Waals surface area contributed by atoms with Crippen LogP contribution in [0.5, 0.6) is 0 Å². The number of aryl methyl sites for hydroxylation is 1. The van der Waals surface area contributed by atoms with Crippen LogP contribution >= 0.6 is 11.3 Å². The van der Waals surface area contributed by atoms with Gasteiger partial charge in [-0.2, -0.15) is 0 Å². The summed E-state index contributed by atoms with van der Waals surface area (Å²) in [7, 11) is 0. The van der Waals surface area contributed by atoms with Crippen LogP contribution < -0.4 is 31.1 Å². The molecule has 1 saturated carbocycles. The van der Waals surface area contributed by atoms with Gasteiger partial charge in [0.15, 0.2) is 0 Å². The smallest absolute Gasteiger partial charge is 0.252 e. The Kier molecular flexibility index (Phi) is 10.3. The lowest BCUT2D eigenvalue weighted by atomic mass is 9.33. The van der Waals surface area contributed by atoms with Crippen molar-refractivity contribution in [2.75, 3.05) is 14.7 Å². The lowest BCUT2D eigenvalue weighted by molar-refractivity contribution is 0.195. The van der Waals surface area contributed by atoms with E-state index in [1.807, 2.05) is 11.3 Å². The van der Waals surface area contributed by atoms with Crippen LogP contribution in [0.15, 0.2) is 152 Å². The minimum absolute atomic E-state index is 0.00193. The highest BCUT2D eigenvalue weighted by Crippen LogP contribution is 2.63. The Hall–Kier alpha value is -6.56. The van der Waals surface area contributed by atoms with Gasteiger partial charge < -0.3 is 14.7 Å². The standard InChI is InChI=1S/C72H74BN3S/c1-44-21-14-16-24-57(44)74-59-34-32-48(68(5,6)7)38-55(59)73-56-41-52-53(70(10,11)43-69(52,8)9)42-61(56)75(60-25-20-23-51-50-22-15-17-26-64(50)77-66(51)60)63-40-49(39-62(74)65(63)73)76-58-33-29-46(45-27-30-47(31-28-45)67(2,3)4)37-54(58)71(12)35-18-19-36-72(71,76)13/h14-17,20-34,37-42H,18-19,35-36,43H2,1-13H3. The fourth-order valence-corrected chi connectivity index (χ4v) is 17.0. The molecule has 0 bridgehead atoms. The molecule has 8 aromatic carbocycles. The average Bonchev–Trinajstić information content (AvgIpc) is 4.05. The number of thiophene rings is 1. The number of fused-ring (bicyclic) bond motifs is 11. The molecule has 4 heterocycles. The maximum absolute atomic E-state index is 2.84. The van der Waals surface area contributed by atoms with Crippen LogP contribution in [0, 0.1) is 6.92 Å².